The molecule has 26 heavy (non-hydrogen) atoms. The molecule has 0 saturated heterocycles. The van der Waals surface area contributed by atoms with E-state index in [0.717, 1.165) is 5.56 Å². The Kier molecular flexibility index (Phi) is 7.75. The van der Waals surface area contributed by atoms with Gasteiger partial charge < -0.3 is 15.4 Å². The van der Waals surface area contributed by atoms with Crippen LogP contribution in [0.4, 0.5) is 5.69 Å². The van der Waals surface area contributed by atoms with Crippen molar-refractivity contribution < 1.29 is 14.3 Å². The molecule has 0 heterocycles. The Bertz CT molecular complexity index is 781. The van der Waals surface area contributed by atoms with Crippen molar-refractivity contribution in [1.29, 1.82) is 0 Å². The van der Waals surface area contributed by atoms with Gasteiger partial charge in [-0.05, 0) is 43.2 Å². The highest BCUT2D eigenvalue weighted by atomic mass is 35.5. The number of para-hydroxylation sites is 1. The molecule has 2 aromatic carbocycles. The third kappa shape index (κ3) is 5.93. The third-order valence-electron chi connectivity index (χ3n) is 3.59. The minimum absolute atomic E-state index is 0.0464. The van der Waals surface area contributed by atoms with E-state index in [2.05, 4.69) is 10.6 Å². The van der Waals surface area contributed by atoms with Gasteiger partial charge in [0.15, 0.2) is 0 Å². The van der Waals surface area contributed by atoms with Crippen LogP contribution in [0.5, 0.6) is 0 Å². The fourth-order valence-corrected chi connectivity index (χ4v) is 2.83. The van der Waals surface area contributed by atoms with Crippen LogP contribution in [-0.2, 0) is 16.0 Å². The van der Waals surface area contributed by atoms with Crippen molar-refractivity contribution in [3.8, 4) is 0 Å². The predicted molar refractivity (Wildman–Crippen MR) is 104 cm³/mol. The number of carbonyl (C=O) groups is 2. The highest BCUT2D eigenvalue weighted by Gasteiger charge is 2.12. The summed E-state index contributed by atoms with van der Waals surface area (Å²) >= 11 is 12.0. The van der Waals surface area contributed by atoms with Gasteiger partial charge in [-0.2, -0.15) is 0 Å². The third-order valence-corrected chi connectivity index (χ3v) is 4.18. The van der Waals surface area contributed by atoms with E-state index in [9.17, 15) is 9.59 Å². The molecule has 138 valence electrons. The molecule has 1 amide bonds. The number of carbonyl (C=O) groups excluding carboxylic acids is 2. The SMILES string of the molecule is CCOC(=O)c1ccccc1NCC(=O)NCCc1ccc(Cl)cc1Cl. The summed E-state index contributed by atoms with van der Waals surface area (Å²) in [5, 5.41) is 6.92. The lowest BCUT2D eigenvalue weighted by molar-refractivity contribution is -0.119. The summed E-state index contributed by atoms with van der Waals surface area (Å²) in [6.45, 7) is 2.53. The Balaban J connectivity index is 1.83. The zero-order valence-electron chi connectivity index (χ0n) is 14.4. The zero-order chi connectivity index (χ0) is 18.9. The molecular weight excluding hydrogens is 375 g/mol. The summed E-state index contributed by atoms with van der Waals surface area (Å²) in [5.41, 5.74) is 1.87. The largest absolute Gasteiger partial charge is 0.462 e. The first-order valence-corrected chi connectivity index (χ1v) is 8.97. The van der Waals surface area contributed by atoms with Crippen molar-refractivity contribution in [2.45, 2.75) is 13.3 Å². The Labute approximate surface area is 162 Å². The Hall–Kier alpha value is -2.24. The molecule has 0 aliphatic carbocycles. The molecule has 2 N–H and O–H groups in total. The van der Waals surface area contributed by atoms with Gasteiger partial charge in [-0.3, -0.25) is 4.79 Å². The topological polar surface area (TPSA) is 67.4 Å². The van der Waals surface area contributed by atoms with Crippen LogP contribution in [0, 0.1) is 0 Å². The first-order chi connectivity index (χ1) is 12.5. The van der Waals surface area contributed by atoms with Crippen LogP contribution in [0.25, 0.3) is 0 Å². The summed E-state index contributed by atoms with van der Waals surface area (Å²) in [6.07, 6.45) is 0.598. The van der Waals surface area contributed by atoms with Crippen molar-refractivity contribution in [2.75, 3.05) is 25.0 Å². The van der Waals surface area contributed by atoms with Gasteiger partial charge in [-0.25, -0.2) is 4.79 Å². The maximum atomic E-state index is 12.0. The highest BCUT2D eigenvalue weighted by Crippen LogP contribution is 2.21. The molecule has 0 aliphatic rings. The van der Waals surface area contributed by atoms with Crippen LogP contribution in [0.15, 0.2) is 42.5 Å². The van der Waals surface area contributed by atoms with E-state index in [1.54, 1.807) is 43.3 Å². The molecule has 0 bridgehead atoms. The number of esters is 1. The van der Waals surface area contributed by atoms with Crippen molar-refractivity contribution in [3.63, 3.8) is 0 Å². The fourth-order valence-electron chi connectivity index (χ4n) is 2.32. The van der Waals surface area contributed by atoms with Crippen LogP contribution in [0.3, 0.4) is 0 Å². The lowest BCUT2D eigenvalue weighted by Gasteiger charge is -2.11. The predicted octanol–water partition coefficient (Wildman–Crippen LogP) is 3.94. The summed E-state index contributed by atoms with van der Waals surface area (Å²) in [6, 6.07) is 12.2. The number of halogens is 2. The number of ether oxygens (including phenoxy) is 1. The molecule has 7 heteroatoms. The monoisotopic (exact) mass is 394 g/mol. The second-order valence-electron chi connectivity index (χ2n) is 5.46. The summed E-state index contributed by atoms with van der Waals surface area (Å²) in [7, 11) is 0. The molecule has 0 spiro atoms. The van der Waals surface area contributed by atoms with Crippen molar-refractivity contribution in [3.05, 3.63) is 63.6 Å². The summed E-state index contributed by atoms with van der Waals surface area (Å²) < 4.78 is 5.01. The number of rotatable bonds is 8. The molecule has 5 nitrogen and oxygen atoms in total. The molecular formula is C19H20Cl2N2O3. The van der Waals surface area contributed by atoms with Gasteiger partial charge in [-0.15, -0.1) is 0 Å². The molecule has 2 aromatic rings. The number of nitrogens with one attached hydrogen (secondary N) is 2. The zero-order valence-corrected chi connectivity index (χ0v) is 15.9. The van der Waals surface area contributed by atoms with Gasteiger partial charge in [0.2, 0.25) is 5.91 Å². The average molecular weight is 395 g/mol. The number of hydrogen-bond donors (Lipinski definition) is 2. The standard InChI is InChI=1S/C19H20Cl2N2O3/c1-2-26-19(25)15-5-3-4-6-17(15)23-12-18(24)22-10-9-13-7-8-14(20)11-16(13)21/h3-8,11,23H,2,9-10,12H2,1H3,(H,22,24). The summed E-state index contributed by atoms with van der Waals surface area (Å²) in [5.74, 6) is -0.609. The van der Waals surface area contributed by atoms with Gasteiger partial charge in [0.25, 0.3) is 0 Å². The number of amides is 1. The van der Waals surface area contributed by atoms with Crippen molar-refractivity contribution in [2.24, 2.45) is 0 Å². The van der Waals surface area contributed by atoms with Crippen molar-refractivity contribution >= 4 is 40.8 Å². The van der Waals surface area contributed by atoms with Crippen molar-refractivity contribution in [1.82, 2.24) is 5.32 Å². The maximum Gasteiger partial charge on any atom is 0.340 e. The molecule has 0 saturated carbocycles. The smallest absolute Gasteiger partial charge is 0.340 e. The van der Waals surface area contributed by atoms with E-state index in [1.165, 1.54) is 0 Å². The normalized spacial score (nSPS) is 10.3. The molecule has 0 fully saturated rings. The van der Waals surface area contributed by atoms with E-state index < -0.39 is 5.97 Å². The Morgan fingerprint density at radius 2 is 1.88 bits per heavy atom. The van der Waals surface area contributed by atoms with Crippen LogP contribution >= 0.6 is 23.2 Å². The first kappa shape index (κ1) is 20.1. The number of anilines is 1. The van der Waals surface area contributed by atoms with Gasteiger partial charge in [0, 0.05) is 22.3 Å². The molecule has 0 atom stereocenters. The van der Waals surface area contributed by atoms with E-state index in [1.807, 2.05) is 6.07 Å². The molecule has 0 radical (unpaired) electrons. The van der Waals surface area contributed by atoms with Crippen LogP contribution in [-0.4, -0.2) is 31.6 Å². The number of benzene rings is 2. The van der Waals surface area contributed by atoms with E-state index in [-0.39, 0.29) is 12.5 Å². The Morgan fingerprint density at radius 3 is 2.62 bits per heavy atom. The van der Waals surface area contributed by atoms with Gasteiger partial charge in [-0.1, -0.05) is 41.4 Å². The maximum absolute atomic E-state index is 12.0. The van der Waals surface area contributed by atoms with Crippen LogP contribution < -0.4 is 10.6 Å². The van der Waals surface area contributed by atoms with Crippen LogP contribution in [0.2, 0.25) is 10.0 Å². The summed E-state index contributed by atoms with van der Waals surface area (Å²) in [4.78, 5) is 23.9. The van der Waals surface area contributed by atoms with Gasteiger partial charge in [0.05, 0.1) is 18.7 Å². The first-order valence-electron chi connectivity index (χ1n) is 8.22. The minimum Gasteiger partial charge on any atom is -0.462 e. The fraction of sp³-hybridized carbons (Fsp3) is 0.263. The van der Waals surface area contributed by atoms with Gasteiger partial charge in [0.1, 0.15) is 0 Å². The molecule has 2 rings (SSSR count). The quantitative estimate of drug-likeness (QED) is 0.665. The number of hydrogen-bond acceptors (Lipinski definition) is 4. The average Bonchev–Trinajstić information content (AvgIpc) is 2.62. The second-order valence-corrected chi connectivity index (χ2v) is 6.30. The molecule has 0 unspecified atom stereocenters. The van der Waals surface area contributed by atoms with Crippen LogP contribution in [0.1, 0.15) is 22.8 Å². The second kappa shape index (κ2) is 10.0. The Morgan fingerprint density at radius 1 is 1.12 bits per heavy atom. The minimum atomic E-state index is -0.423. The lowest BCUT2D eigenvalue weighted by Crippen LogP contribution is -2.31. The molecule has 0 aliphatic heterocycles. The van der Waals surface area contributed by atoms with E-state index >= 15 is 0 Å². The highest BCUT2D eigenvalue weighted by molar-refractivity contribution is 6.35. The lowest BCUT2D eigenvalue weighted by atomic mass is 10.1. The molecule has 0 aromatic heterocycles. The van der Waals surface area contributed by atoms with E-state index in [4.69, 9.17) is 27.9 Å². The van der Waals surface area contributed by atoms with Gasteiger partial charge >= 0.3 is 5.97 Å². The van der Waals surface area contributed by atoms with E-state index in [0.29, 0.717) is 40.9 Å².